The van der Waals surface area contributed by atoms with E-state index in [-0.39, 0.29) is 0 Å². The largest absolute Gasteiger partial charge is 0.316 e. The van der Waals surface area contributed by atoms with Crippen molar-refractivity contribution < 1.29 is 0 Å². The normalized spacial score (nSPS) is 33.7. The maximum atomic E-state index is 3.47. The molecule has 1 saturated carbocycles. The zero-order chi connectivity index (χ0) is 18.7. The second-order valence-corrected chi connectivity index (χ2v) is 9.83. The van der Waals surface area contributed by atoms with Crippen LogP contribution in [-0.4, -0.2) is 62.2 Å². The van der Waals surface area contributed by atoms with E-state index in [9.17, 15) is 0 Å². The van der Waals surface area contributed by atoms with E-state index < -0.39 is 0 Å². The summed E-state index contributed by atoms with van der Waals surface area (Å²) in [5.74, 6) is 1.95. The van der Waals surface area contributed by atoms with Gasteiger partial charge >= 0.3 is 0 Å². The molecule has 4 aliphatic rings. The second-order valence-electron chi connectivity index (χ2n) is 9.83. The second kappa shape index (κ2) is 8.71. The lowest BCUT2D eigenvalue weighted by Gasteiger charge is -2.50. The lowest BCUT2D eigenvalue weighted by molar-refractivity contribution is -0.0127. The van der Waals surface area contributed by atoms with Gasteiger partial charge in [0.2, 0.25) is 0 Å². The van der Waals surface area contributed by atoms with Crippen molar-refractivity contribution in [1.29, 1.82) is 0 Å². The van der Waals surface area contributed by atoms with E-state index in [1.807, 2.05) is 13.8 Å². The summed E-state index contributed by atoms with van der Waals surface area (Å²) in [7, 11) is 2.24. The Labute approximate surface area is 157 Å². The summed E-state index contributed by atoms with van der Waals surface area (Å²) in [6, 6.07) is 0.751. The molecule has 2 spiro atoms. The summed E-state index contributed by atoms with van der Waals surface area (Å²) in [4.78, 5) is 5.05. The molecule has 3 heterocycles. The quantitative estimate of drug-likeness (QED) is 0.808. The fraction of sp³-hybridized carbons (Fsp3) is 1.00. The molecule has 148 valence electrons. The van der Waals surface area contributed by atoms with E-state index in [4.69, 9.17) is 0 Å². The van der Waals surface area contributed by atoms with Crippen LogP contribution in [0.4, 0.5) is 0 Å². The van der Waals surface area contributed by atoms with Gasteiger partial charge in [0.15, 0.2) is 0 Å². The Morgan fingerprint density at radius 2 is 1.56 bits per heavy atom. The first-order chi connectivity index (χ1) is 11.8. The van der Waals surface area contributed by atoms with E-state index in [1.165, 1.54) is 65.0 Å². The zero-order valence-corrected chi connectivity index (χ0v) is 18.2. The Morgan fingerprint density at radius 3 is 1.96 bits per heavy atom. The molecule has 0 radical (unpaired) electrons. The summed E-state index contributed by atoms with van der Waals surface area (Å²) >= 11 is 0. The van der Waals surface area contributed by atoms with Gasteiger partial charge in [-0.1, -0.05) is 27.7 Å². The molecule has 0 unspecified atom stereocenters. The number of hydrogen-bond donors (Lipinski definition) is 1. The topological polar surface area (TPSA) is 18.5 Å². The highest BCUT2D eigenvalue weighted by molar-refractivity contribution is 5.01. The Balaban J connectivity index is 0.000000165. The van der Waals surface area contributed by atoms with Crippen LogP contribution in [-0.2, 0) is 0 Å². The van der Waals surface area contributed by atoms with Gasteiger partial charge in [-0.3, -0.25) is 4.90 Å². The molecule has 4 rings (SSSR count). The maximum absolute atomic E-state index is 3.47. The van der Waals surface area contributed by atoms with Crippen LogP contribution in [0.5, 0.6) is 0 Å². The van der Waals surface area contributed by atoms with Crippen LogP contribution in [0, 0.1) is 22.7 Å². The lowest BCUT2D eigenvalue weighted by atomic mass is 9.58. The number of nitrogens with zero attached hydrogens (tertiary/aromatic N) is 2. The van der Waals surface area contributed by atoms with Crippen molar-refractivity contribution in [2.75, 3.05) is 46.3 Å². The van der Waals surface area contributed by atoms with Gasteiger partial charge in [-0.05, 0) is 76.9 Å². The molecular formula is C22H45N3. The van der Waals surface area contributed by atoms with Crippen LogP contribution in [0.15, 0.2) is 0 Å². The van der Waals surface area contributed by atoms with Crippen molar-refractivity contribution in [2.45, 2.75) is 73.3 Å². The van der Waals surface area contributed by atoms with Crippen molar-refractivity contribution in [3.8, 4) is 0 Å². The van der Waals surface area contributed by atoms with Crippen LogP contribution in [0.3, 0.4) is 0 Å². The van der Waals surface area contributed by atoms with Crippen LogP contribution in [0.25, 0.3) is 0 Å². The molecule has 1 N–H and O–H groups in total. The van der Waals surface area contributed by atoms with Gasteiger partial charge in [0.05, 0.1) is 0 Å². The zero-order valence-electron chi connectivity index (χ0n) is 18.2. The molecule has 1 aliphatic carbocycles. The van der Waals surface area contributed by atoms with E-state index in [1.54, 1.807) is 0 Å². The molecule has 0 amide bonds. The third-order valence-corrected chi connectivity index (χ3v) is 7.10. The molecular weight excluding hydrogens is 306 g/mol. The fourth-order valence-electron chi connectivity index (χ4n) is 5.27. The van der Waals surface area contributed by atoms with Gasteiger partial charge in [-0.25, -0.2) is 0 Å². The predicted molar refractivity (Wildman–Crippen MR) is 110 cm³/mol. The molecule has 0 bridgehead atoms. The molecule has 3 aliphatic heterocycles. The van der Waals surface area contributed by atoms with Gasteiger partial charge in [-0.2, -0.15) is 0 Å². The van der Waals surface area contributed by atoms with Crippen molar-refractivity contribution in [3.05, 3.63) is 0 Å². The van der Waals surface area contributed by atoms with Crippen LogP contribution in [0.1, 0.15) is 67.2 Å². The van der Waals surface area contributed by atoms with Gasteiger partial charge in [-0.15, -0.1) is 0 Å². The summed E-state index contributed by atoms with van der Waals surface area (Å²) in [6.45, 7) is 21.2. The minimum atomic E-state index is 0.693. The highest BCUT2D eigenvalue weighted by Gasteiger charge is 2.47. The first-order valence-corrected chi connectivity index (χ1v) is 11.0. The average Bonchev–Trinajstić information content (AvgIpc) is 3.13. The molecule has 0 atom stereocenters. The number of likely N-dealkylation sites (tertiary alicyclic amines) is 2. The Hall–Kier alpha value is -0.120. The van der Waals surface area contributed by atoms with E-state index in [0.29, 0.717) is 5.41 Å². The smallest absolute Gasteiger partial charge is 0.00970 e. The molecule has 0 aromatic carbocycles. The third kappa shape index (κ3) is 4.99. The van der Waals surface area contributed by atoms with Crippen LogP contribution >= 0.6 is 0 Å². The van der Waals surface area contributed by atoms with Crippen molar-refractivity contribution in [3.63, 3.8) is 0 Å². The fourth-order valence-corrected chi connectivity index (χ4v) is 5.27. The molecule has 3 nitrogen and oxygen atoms in total. The number of nitrogens with one attached hydrogen (secondary N) is 1. The highest BCUT2D eigenvalue weighted by atomic mass is 15.3. The molecule has 0 aromatic heterocycles. The Morgan fingerprint density at radius 1 is 0.920 bits per heavy atom. The van der Waals surface area contributed by atoms with Crippen molar-refractivity contribution >= 4 is 0 Å². The minimum Gasteiger partial charge on any atom is -0.316 e. The van der Waals surface area contributed by atoms with E-state index in [2.05, 4.69) is 49.9 Å². The van der Waals surface area contributed by atoms with Gasteiger partial charge in [0, 0.05) is 37.6 Å². The lowest BCUT2D eigenvalue weighted by Crippen LogP contribution is -2.59. The standard InChI is InChI=1S/C10H20N2.C10H19N.C2H6/c1-9(2)12-7-10(8-12)4-5-11(3)6-10;1-8(2)9-5-10(6-9)3-4-11-7-10;1-2/h9H,4-8H2,1-3H3;8-9,11H,3-7H2,1-2H3;1-2H3. The van der Waals surface area contributed by atoms with E-state index in [0.717, 1.165) is 23.3 Å². The number of rotatable bonds is 2. The molecule has 4 fully saturated rings. The Kier molecular flexibility index (Phi) is 7.38. The molecule has 3 heteroatoms. The molecule has 3 saturated heterocycles. The first-order valence-electron chi connectivity index (χ1n) is 11.0. The van der Waals surface area contributed by atoms with Gasteiger partial charge in [0.1, 0.15) is 0 Å². The highest BCUT2D eigenvalue weighted by Crippen LogP contribution is 2.52. The first kappa shape index (κ1) is 21.2. The van der Waals surface area contributed by atoms with Crippen LogP contribution in [0.2, 0.25) is 0 Å². The van der Waals surface area contributed by atoms with Crippen molar-refractivity contribution in [1.82, 2.24) is 15.1 Å². The summed E-state index contributed by atoms with van der Waals surface area (Å²) < 4.78 is 0. The molecule has 25 heavy (non-hydrogen) atoms. The average molecular weight is 352 g/mol. The van der Waals surface area contributed by atoms with Gasteiger partial charge < -0.3 is 10.2 Å². The van der Waals surface area contributed by atoms with Gasteiger partial charge in [0.25, 0.3) is 0 Å². The van der Waals surface area contributed by atoms with Crippen molar-refractivity contribution in [2.24, 2.45) is 22.7 Å². The van der Waals surface area contributed by atoms with Crippen LogP contribution < -0.4 is 5.32 Å². The Bertz CT molecular complexity index is 384. The molecule has 0 aromatic rings. The third-order valence-electron chi connectivity index (χ3n) is 7.10. The number of hydrogen-bond acceptors (Lipinski definition) is 3. The summed E-state index contributed by atoms with van der Waals surface area (Å²) in [6.07, 6.45) is 5.86. The summed E-state index contributed by atoms with van der Waals surface area (Å²) in [5, 5.41) is 3.47. The summed E-state index contributed by atoms with van der Waals surface area (Å²) in [5.41, 5.74) is 1.45. The predicted octanol–water partition coefficient (Wildman–Crippen LogP) is 4.09. The SMILES string of the molecule is CC.CC(C)C1CC2(CCNC2)C1.CC(C)N1CC2(CCN(C)C2)C1. The monoisotopic (exact) mass is 351 g/mol. The minimum absolute atomic E-state index is 0.693. The maximum Gasteiger partial charge on any atom is 0.00970 e. The van der Waals surface area contributed by atoms with E-state index >= 15 is 0 Å².